The average Bonchev–Trinajstić information content (AvgIpc) is 2.21. The van der Waals surface area contributed by atoms with E-state index in [9.17, 15) is 9.90 Å². The first-order valence-electron chi connectivity index (χ1n) is 5.15. The predicted molar refractivity (Wildman–Crippen MR) is 68.0 cm³/mol. The summed E-state index contributed by atoms with van der Waals surface area (Å²) in [4.78, 5) is 11.3. The molecule has 1 aromatic rings. The molecule has 0 heterocycles. The van der Waals surface area contributed by atoms with Crippen LogP contribution in [0, 0.1) is 5.92 Å². The van der Waals surface area contributed by atoms with Gasteiger partial charge in [0.25, 0.3) is 0 Å². The molecular formula is C12H14Cl2O3. The standard InChI is InChI=1S/C12H14Cl2O3/c1-7(2)12(3,11(15)16)17-10-5-4-8(13)6-9(10)14/h4-7H,1-3H3,(H,15,16). The smallest absolute Gasteiger partial charge is 0.348 e. The monoisotopic (exact) mass is 276 g/mol. The van der Waals surface area contributed by atoms with Crippen molar-refractivity contribution in [2.75, 3.05) is 0 Å². The molecule has 94 valence electrons. The minimum Gasteiger partial charge on any atom is -0.478 e. The lowest BCUT2D eigenvalue weighted by Gasteiger charge is -2.30. The van der Waals surface area contributed by atoms with Gasteiger partial charge in [-0.1, -0.05) is 37.0 Å². The van der Waals surface area contributed by atoms with E-state index in [2.05, 4.69) is 0 Å². The maximum Gasteiger partial charge on any atom is 0.348 e. The molecule has 0 bridgehead atoms. The van der Waals surface area contributed by atoms with Crippen molar-refractivity contribution < 1.29 is 14.6 Å². The third-order valence-electron chi connectivity index (χ3n) is 2.74. The highest BCUT2D eigenvalue weighted by atomic mass is 35.5. The predicted octanol–water partition coefficient (Wildman–Crippen LogP) is 3.87. The Kier molecular flexibility index (Phi) is 4.28. The second-order valence-corrected chi connectivity index (χ2v) is 5.09. The van der Waals surface area contributed by atoms with Crippen molar-refractivity contribution in [2.45, 2.75) is 26.4 Å². The first kappa shape index (κ1) is 14.1. The minimum absolute atomic E-state index is 0.202. The average molecular weight is 277 g/mol. The zero-order valence-corrected chi connectivity index (χ0v) is 11.3. The zero-order chi connectivity index (χ0) is 13.2. The fourth-order valence-electron chi connectivity index (χ4n) is 1.19. The lowest BCUT2D eigenvalue weighted by molar-refractivity contribution is -0.157. The van der Waals surface area contributed by atoms with Crippen molar-refractivity contribution in [3.8, 4) is 5.75 Å². The highest BCUT2D eigenvalue weighted by Crippen LogP contribution is 2.33. The number of aliphatic carboxylic acids is 1. The van der Waals surface area contributed by atoms with Crippen molar-refractivity contribution >= 4 is 29.2 Å². The molecule has 5 heteroatoms. The Bertz CT molecular complexity index is 432. The SMILES string of the molecule is CC(C)C(C)(Oc1ccc(Cl)cc1Cl)C(=O)O. The second kappa shape index (κ2) is 5.15. The Morgan fingerprint density at radius 2 is 2.00 bits per heavy atom. The number of ether oxygens (including phenoxy) is 1. The summed E-state index contributed by atoms with van der Waals surface area (Å²) in [6.07, 6.45) is 0. The number of carbonyl (C=O) groups is 1. The van der Waals surface area contributed by atoms with Crippen LogP contribution < -0.4 is 4.74 Å². The minimum atomic E-state index is -1.32. The van der Waals surface area contributed by atoms with Gasteiger partial charge in [-0.05, 0) is 25.1 Å². The largest absolute Gasteiger partial charge is 0.478 e. The van der Waals surface area contributed by atoms with Crippen LogP contribution in [0.5, 0.6) is 5.75 Å². The Labute approximate surface area is 110 Å². The fourth-order valence-corrected chi connectivity index (χ4v) is 1.64. The van der Waals surface area contributed by atoms with Gasteiger partial charge in [-0.3, -0.25) is 0 Å². The van der Waals surface area contributed by atoms with E-state index in [1.54, 1.807) is 26.0 Å². The molecule has 17 heavy (non-hydrogen) atoms. The van der Waals surface area contributed by atoms with Crippen LogP contribution in [0.1, 0.15) is 20.8 Å². The van der Waals surface area contributed by atoms with Gasteiger partial charge < -0.3 is 9.84 Å². The molecule has 0 spiro atoms. The van der Waals surface area contributed by atoms with Crippen LogP contribution in [0.2, 0.25) is 10.0 Å². The van der Waals surface area contributed by atoms with Gasteiger partial charge in [-0.15, -0.1) is 0 Å². The fraction of sp³-hybridized carbons (Fsp3) is 0.417. The van der Waals surface area contributed by atoms with Crippen LogP contribution in [0.3, 0.4) is 0 Å². The number of hydrogen-bond donors (Lipinski definition) is 1. The Balaban J connectivity index is 3.07. The van der Waals surface area contributed by atoms with Gasteiger partial charge in [0.2, 0.25) is 5.60 Å². The Morgan fingerprint density at radius 3 is 2.41 bits per heavy atom. The lowest BCUT2D eigenvalue weighted by atomic mass is 9.92. The van der Waals surface area contributed by atoms with Crippen LogP contribution in [0.4, 0.5) is 0 Å². The molecule has 0 saturated carbocycles. The topological polar surface area (TPSA) is 46.5 Å². The summed E-state index contributed by atoms with van der Waals surface area (Å²) in [7, 11) is 0. The molecule has 0 aliphatic carbocycles. The Hall–Kier alpha value is -0.930. The molecule has 0 amide bonds. The molecule has 1 aromatic carbocycles. The first-order valence-corrected chi connectivity index (χ1v) is 5.90. The summed E-state index contributed by atoms with van der Waals surface area (Å²) < 4.78 is 5.52. The van der Waals surface area contributed by atoms with E-state index >= 15 is 0 Å². The van der Waals surface area contributed by atoms with Gasteiger partial charge in [0.05, 0.1) is 5.02 Å². The van der Waals surface area contributed by atoms with Crippen molar-refractivity contribution in [1.82, 2.24) is 0 Å². The molecular weight excluding hydrogens is 263 g/mol. The Morgan fingerprint density at radius 1 is 1.41 bits per heavy atom. The third-order valence-corrected chi connectivity index (χ3v) is 3.27. The van der Waals surface area contributed by atoms with Crippen LogP contribution in [-0.4, -0.2) is 16.7 Å². The summed E-state index contributed by atoms with van der Waals surface area (Å²) in [5.74, 6) is -0.917. The van der Waals surface area contributed by atoms with E-state index in [0.717, 1.165) is 0 Å². The summed E-state index contributed by atoms with van der Waals surface area (Å²) in [6, 6.07) is 4.68. The van der Waals surface area contributed by atoms with E-state index in [1.165, 1.54) is 13.0 Å². The normalized spacial score (nSPS) is 14.5. The number of carboxylic acids is 1. The molecule has 0 radical (unpaired) electrons. The number of hydrogen-bond acceptors (Lipinski definition) is 2. The van der Waals surface area contributed by atoms with E-state index < -0.39 is 11.6 Å². The lowest BCUT2D eigenvalue weighted by Crippen LogP contribution is -2.46. The van der Waals surface area contributed by atoms with Crippen molar-refractivity contribution in [3.05, 3.63) is 28.2 Å². The van der Waals surface area contributed by atoms with E-state index in [-0.39, 0.29) is 5.92 Å². The summed E-state index contributed by atoms with van der Waals surface area (Å²) >= 11 is 11.7. The van der Waals surface area contributed by atoms with E-state index in [1.807, 2.05) is 0 Å². The zero-order valence-electron chi connectivity index (χ0n) is 9.83. The van der Waals surface area contributed by atoms with Crippen LogP contribution >= 0.6 is 23.2 Å². The summed E-state index contributed by atoms with van der Waals surface area (Å²) in [6.45, 7) is 5.07. The van der Waals surface area contributed by atoms with Gasteiger partial charge in [0.1, 0.15) is 5.75 Å². The second-order valence-electron chi connectivity index (χ2n) is 4.24. The van der Waals surface area contributed by atoms with E-state index in [0.29, 0.717) is 15.8 Å². The maximum absolute atomic E-state index is 11.3. The van der Waals surface area contributed by atoms with Gasteiger partial charge in [-0.25, -0.2) is 4.79 Å². The van der Waals surface area contributed by atoms with Crippen LogP contribution in [0.25, 0.3) is 0 Å². The molecule has 3 nitrogen and oxygen atoms in total. The highest BCUT2D eigenvalue weighted by Gasteiger charge is 2.39. The van der Waals surface area contributed by atoms with Gasteiger partial charge >= 0.3 is 5.97 Å². The quantitative estimate of drug-likeness (QED) is 0.908. The summed E-state index contributed by atoms with van der Waals surface area (Å²) in [5.41, 5.74) is -1.32. The molecule has 1 unspecified atom stereocenters. The molecule has 0 saturated heterocycles. The van der Waals surface area contributed by atoms with Gasteiger partial charge in [0.15, 0.2) is 0 Å². The van der Waals surface area contributed by atoms with Crippen molar-refractivity contribution in [2.24, 2.45) is 5.92 Å². The molecule has 1 N–H and O–H groups in total. The van der Waals surface area contributed by atoms with Crippen molar-refractivity contribution in [3.63, 3.8) is 0 Å². The van der Waals surface area contributed by atoms with Crippen LogP contribution in [-0.2, 0) is 4.79 Å². The van der Waals surface area contributed by atoms with Gasteiger partial charge in [-0.2, -0.15) is 0 Å². The number of benzene rings is 1. The molecule has 1 rings (SSSR count). The van der Waals surface area contributed by atoms with Crippen LogP contribution in [0.15, 0.2) is 18.2 Å². The highest BCUT2D eigenvalue weighted by molar-refractivity contribution is 6.35. The number of carboxylic acid groups (broad SMARTS) is 1. The number of rotatable bonds is 4. The third kappa shape index (κ3) is 3.05. The van der Waals surface area contributed by atoms with Crippen molar-refractivity contribution in [1.29, 1.82) is 0 Å². The molecule has 1 atom stereocenters. The molecule has 0 aromatic heterocycles. The van der Waals surface area contributed by atoms with Gasteiger partial charge in [0, 0.05) is 10.9 Å². The molecule has 0 aliphatic rings. The molecule has 0 aliphatic heterocycles. The maximum atomic E-state index is 11.3. The molecule has 0 fully saturated rings. The first-order chi connectivity index (χ1) is 7.77. The number of halogens is 2. The summed E-state index contributed by atoms with van der Waals surface area (Å²) in [5, 5.41) is 9.99. The van der Waals surface area contributed by atoms with E-state index in [4.69, 9.17) is 27.9 Å².